The van der Waals surface area contributed by atoms with E-state index in [0.717, 1.165) is 13.2 Å². The normalized spacial score (nSPS) is 13.1. The molecule has 0 radical (unpaired) electrons. The van der Waals surface area contributed by atoms with Gasteiger partial charge in [0.25, 0.3) is 0 Å². The van der Waals surface area contributed by atoms with E-state index in [-0.39, 0.29) is 0 Å². The van der Waals surface area contributed by atoms with Crippen LogP contribution < -0.4 is 0 Å². The van der Waals surface area contributed by atoms with Gasteiger partial charge in [-0.3, -0.25) is 9.97 Å². The van der Waals surface area contributed by atoms with E-state index in [1.165, 1.54) is 0 Å². The topological polar surface area (TPSA) is 79.6 Å². The minimum Gasteiger partial charge on any atom is -0.306 e. The van der Waals surface area contributed by atoms with Gasteiger partial charge in [-0.25, -0.2) is 5.26 Å². The molecule has 0 saturated carbocycles. The second-order valence-electron chi connectivity index (χ2n) is 1.74. The lowest BCUT2D eigenvalue weighted by molar-refractivity contribution is -0.144. The lowest BCUT2D eigenvalue weighted by Crippen LogP contribution is -1.98. The average molecular weight is 201 g/mol. The third-order valence-electron chi connectivity index (χ3n) is 1.01. The Balaban J connectivity index is 4.90. The lowest BCUT2D eigenvalue weighted by atomic mass is 10.6. The van der Waals surface area contributed by atoms with Crippen LogP contribution in [-0.2, 0) is 13.8 Å². The molecule has 70 valence electrons. The number of hydrogen-bond acceptors (Lipinski definition) is 5. The van der Waals surface area contributed by atoms with E-state index >= 15 is 0 Å². The first kappa shape index (κ1) is 11.9. The summed E-state index contributed by atoms with van der Waals surface area (Å²) in [5.74, 6) is 0. The number of nitrogens with one attached hydrogen (secondary N) is 1. The molecule has 0 fully saturated rings. The zero-order chi connectivity index (χ0) is 10.3. The summed E-state index contributed by atoms with van der Waals surface area (Å²) in [5, 5.41) is 15.3. The van der Waals surface area contributed by atoms with Gasteiger partial charge in [-0.05, 0) is 12.3 Å². The zero-order valence-corrected chi connectivity index (χ0v) is 7.80. The largest absolute Gasteiger partial charge is 0.405 e. The summed E-state index contributed by atoms with van der Waals surface area (Å²) in [6.07, 6.45) is 0.971. The molecular weight excluding hydrogens is 193 g/mol. The smallest absolute Gasteiger partial charge is 0.306 e. The third kappa shape index (κ3) is 3.39. The highest BCUT2D eigenvalue weighted by Gasteiger charge is 2.28. The van der Waals surface area contributed by atoms with Crippen molar-refractivity contribution in [3.63, 3.8) is 0 Å². The molecule has 1 unspecified atom stereocenters. The van der Waals surface area contributed by atoms with Crippen LogP contribution >= 0.6 is 7.60 Å². The van der Waals surface area contributed by atoms with Gasteiger partial charge in [0.05, 0.1) is 0 Å². The van der Waals surface area contributed by atoms with Crippen LogP contribution in [0.1, 0.15) is 0 Å². The average Bonchev–Trinajstić information content (AvgIpc) is 2.17. The molecule has 0 aliphatic heterocycles. The Kier molecular flexibility index (Phi) is 5.01. The third-order valence-corrected chi connectivity index (χ3v) is 2.43. The Morgan fingerprint density at radius 2 is 2.38 bits per heavy atom. The van der Waals surface area contributed by atoms with Gasteiger partial charge < -0.3 is 4.52 Å². The summed E-state index contributed by atoms with van der Waals surface area (Å²) < 4.78 is 19.0. The van der Waals surface area contributed by atoms with E-state index in [4.69, 9.17) is 10.7 Å². The molecule has 5 nitrogen and oxygen atoms in total. The quantitative estimate of drug-likeness (QED) is 0.239. The van der Waals surface area contributed by atoms with E-state index in [2.05, 4.69) is 33.0 Å². The molecule has 0 heterocycles. The molecule has 6 heteroatoms. The molecule has 0 bridgehead atoms. The summed E-state index contributed by atoms with van der Waals surface area (Å²) in [7, 11) is -2.83. The van der Waals surface area contributed by atoms with Gasteiger partial charge in [-0.2, -0.15) is 0 Å². The molecule has 0 aliphatic rings. The summed E-state index contributed by atoms with van der Waals surface area (Å²) in [4.78, 5) is 0. The minimum absolute atomic E-state index is 0.541. The van der Waals surface area contributed by atoms with Gasteiger partial charge >= 0.3 is 7.60 Å². The van der Waals surface area contributed by atoms with Crippen molar-refractivity contribution in [2.45, 2.75) is 0 Å². The first-order valence-corrected chi connectivity index (χ1v) is 4.59. The van der Waals surface area contributed by atoms with Gasteiger partial charge in [0.2, 0.25) is 0 Å². The molecular formula is C7H8NO4P. The second kappa shape index (κ2) is 5.50. The van der Waals surface area contributed by atoms with Crippen LogP contribution in [0.15, 0.2) is 29.8 Å². The molecule has 0 aromatic carbocycles. The van der Waals surface area contributed by atoms with Crippen molar-refractivity contribution in [3.8, 4) is 0 Å². The van der Waals surface area contributed by atoms with Gasteiger partial charge in [0.15, 0.2) is 5.45 Å². The lowest BCUT2D eigenvalue weighted by Gasteiger charge is -2.07. The Morgan fingerprint density at radius 1 is 1.77 bits per heavy atom. The van der Waals surface area contributed by atoms with Gasteiger partial charge in [0.1, 0.15) is 0 Å². The first-order valence-electron chi connectivity index (χ1n) is 3.04. The molecule has 0 rings (SSSR count). The highest BCUT2D eigenvalue weighted by Crippen LogP contribution is 2.47. The van der Waals surface area contributed by atoms with Crippen molar-refractivity contribution >= 4 is 13.0 Å². The maximum absolute atomic E-state index is 11.2. The van der Waals surface area contributed by atoms with Gasteiger partial charge in [0, 0.05) is 13.2 Å². The van der Waals surface area contributed by atoms with Crippen LogP contribution in [0, 0.1) is 5.41 Å². The number of allylic oxidation sites excluding steroid dienone is 1. The predicted molar refractivity (Wildman–Crippen MR) is 46.8 cm³/mol. The second-order valence-corrected chi connectivity index (χ2v) is 3.74. The molecule has 1 atom stereocenters. The monoisotopic (exact) mass is 201 g/mol. The van der Waals surface area contributed by atoms with Gasteiger partial charge in [-0.15, -0.1) is 4.67 Å². The van der Waals surface area contributed by atoms with Crippen molar-refractivity contribution < 1.29 is 19.0 Å². The van der Waals surface area contributed by atoms with Crippen LogP contribution in [0.5, 0.6) is 0 Å². The maximum atomic E-state index is 11.2. The Hall–Kier alpha value is -1.14. The Morgan fingerprint density at radius 3 is 2.77 bits per heavy atom. The predicted octanol–water partition coefficient (Wildman–Crippen LogP) is 1.94. The summed E-state index contributed by atoms with van der Waals surface area (Å²) in [6, 6.07) is 0. The van der Waals surface area contributed by atoms with Gasteiger partial charge in [-0.1, -0.05) is 11.5 Å². The zero-order valence-electron chi connectivity index (χ0n) is 6.90. The number of hydrogen-bond donors (Lipinski definition) is 2. The highest BCUT2D eigenvalue weighted by atomic mass is 31.2. The van der Waals surface area contributed by atoms with Crippen LogP contribution in [0.25, 0.3) is 0 Å². The summed E-state index contributed by atoms with van der Waals surface area (Å²) in [5.41, 5.74) is 6.27. The molecule has 0 saturated heterocycles. The van der Waals surface area contributed by atoms with Crippen LogP contribution in [0.3, 0.4) is 0 Å². The maximum Gasteiger partial charge on any atom is 0.405 e. The van der Waals surface area contributed by atoms with Crippen molar-refractivity contribution in [2.75, 3.05) is 7.11 Å². The molecule has 0 aliphatic carbocycles. The minimum atomic E-state index is -3.88. The molecule has 0 amide bonds. The van der Waals surface area contributed by atoms with Crippen molar-refractivity contribution in [2.24, 2.45) is 0 Å². The van der Waals surface area contributed by atoms with Crippen molar-refractivity contribution in [3.05, 3.63) is 29.8 Å². The Bertz CT molecular complexity index is 349. The van der Waals surface area contributed by atoms with E-state index < -0.39 is 13.0 Å². The highest BCUT2D eigenvalue weighted by molar-refractivity contribution is 7.72. The molecule has 0 spiro atoms. The Labute approximate surface area is 75.3 Å². The summed E-state index contributed by atoms with van der Waals surface area (Å²) >= 11 is 0. The van der Waals surface area contributed by atoms with E-state index in [1.54, 1.807) is 0 Å². The first-order chi connectivity index (χ1) is 6.10. The van der Waals surface area contributed by atoms with Crippen LogP contribution in [0.4, 0.5) is 0 Å². The SMILES string of the molecule is C=C=C=C=CC(=N)P(=O)(OC)OO. The molecule has 2 N–H and O–H groups in total. The van der Waals surface area contributed by atoms with E-state index in [0.29, 0.717) is 0 Å². The van der Waals surface area contributed by atoms with E-state index in [9.17, 15) is 4.57 Å². The summed E-state index contributed by atoms with van der Waals surface area (Å²) in [6.45, 7) is 3.19. The standard InChI is InChI=1S/C7H8NO4P/c1-3-4-5-6-7(8)13(10,11-2)12-9/h6,8-9H,1H2,2H3. The number of rotatable bonds is 4. The van der Waals surface area contributed by atoms with Crippen LogP contribution in [-0.4, -0.2) is 17.8 Å². The fourth-order valence-electron chi connectivity index (χ4n) is 0.410. The van der Waals surface area contributed by atoms with Crippen LogP contribution in [0.2, 0.25) is 0 Å². The van der Waals surface area contributed by atoms with E-state index in [1.807, 2.05) is 0 Å². The molecule has 0 aromatic heterocycles. The fraction of sp³-hybridized carbons (Fsp3) is 0.143. The van der Waals surface area contributed by atoms with Crippen molar-refractivity contribution in [1.82, 2.24) is 0 Å². The van der Waals surface area contributed by atoms with Crippen molar-refractivity contribution in [1.29, 1.82) is 5.41 Å². The molecule has 0 aromatic rings. The molecule has 13 heavy (non-hydrogen) atoms. The fourth-order valence-corrected chi connectivity index (χ4v) is 0.984.